The van der Waals surface area contributed by atoms with E-state index in [-0.39, 0.29) is 83.1 Å². The second-order valence-electron chi connectivity index (χ2n) is 30.9. The van der Waals surface area contributed by atoms with Gasteiger partial charge in [-0.2, -0.15) is 18.2 Å². The van der Waals surface area contributed by atoms with E-state index in [9.17, 15) is 14.4 Å². The summed E-state index contributed by atoms with van der Waals surface area (Å²) in [6.45, 7) is 7.96. The van der Waals surface area contributed by atoms with Crippen LogP contribution >= 0.6 is 92.8 Å². The molecule has 25 rings (SSSR count). The van der Waals surface area contributed by atoms with Gasteiger partial charge < -0.3 is 39.5 Å². The van der Waals surface area contributed by atoms with Crippen molar-refractivity contribution in [1.82, 2.24) is 0 Å². The number of hydrogen-bond donors (Lipinski definition) is 3. The second kappa shape index (κ2) is 41.9. The second-order valence-corrected chi connectivity index (χ2v) is 34.1. The third-order valence-electron chi connectivity index (χ3n) is 22.9. The molecule has 8 N–H and O–H groups in total. The number of furan rings is 5. The van der Waals surface area contributed by atoms with Crippen molar-refractivity contribution in [3.8, 4) is 33.4 Å². The molecule has 1 aliphatic heterocycles. The van der Waals surface area contributed by atoms with Crippen LogP contribution in [0.25, 0.3) is 143 Å². The number of hydrazine groups is 1. The summed E-state index contributed by atoms with van der Waals surface area (Å²) in [5, 5.41) is 15.1. The summed E-state index contributed by atoms with van der Waals surface area (Å²) < 4.78 is 34.8. The molecule has 0 atom stereocenters. The maximum absolute atomic E-state index is 12.9. The number of ether oxygens (including phenoxy) is 1. The van der Waals surface area contributed by atoms with E-state index in [1.807, 2.05) is 176 Å². The Labute approximate surface area is 829 Å². The number of rotatable bonds is 3. The van der Waals surface area contributed by atoms with Crippen molar-refractivity contribution in [2.24, 2.45) is 11.7 Å². The average Bonchev–Trinajstić information content (AvgIpc) is 1.55. The predicted molar refractivity (Wildman–Crippen MR) is 533 cm³/mol. The molecule has 21 aromatic rings. The Morgan fingerprint density at radius 1 is 0.374 bits per heavy atom. The van der Waals surface area contributed by atoms with Crippen LogP contribution in [-0.4, -0.2) is 36.0 Å². The van der Waals surface area contributed by atoms with Gasteiger partial charge in [-0.3, -0.25) is 26.1 Å². The number of Topliss-reactive ketones (excluding diaryl/α,β-unsaturated/α-hetero) is 1. The Balaban J connectivity index is 0.000000131. The van der Waals surface area contributed by atoms with Gasteiger partial charge in [-0.05, 0) is 162 Å². The molecule has 16 aromatic carbocycles. The van der Waals surface area contributed by atoms with Crippen molar-refractivity contribution < 1.29 is 96.5 Å². The molecule has 644 valence electrons. The Bertz CT molecular complexity index is 7840. The predicted octanol–water partition coefficient (Wildman–Crippen LogP) is 25.3. The maximum Gasteiger partial charge on any atom is 1.00 e. The third kappa shape index (κ3) is 18.9. The van der Waals surface area contributed by atoms with Crippen LogP contribution in [0.4, 0.5) is 5.69 Å². The zero-order valence-electron chi connectivity index (χ0n) is 72.4. The summed E-state index contributed by atoms with van der Waals surface area (Å²) in [5.41, 5.74) is 28.3. The quantitative estimate of drug-likeness (QED) is 0.0374. The van der Waals surface area contributed by atoms with Crippen molar-refractivity contribution in [1.29, 1.82) is 0 Å². The molecule has 0 spiro atoms. The summed E-state index contributed by atoms with van der Waals surface area (Å²) in [4.78, 5) is 36.6. The molecular weight excluding hydrogens is 1810 g/mol. The van der Waals surface area contributed by atoms with E-state index in [1.165, 1.54) is 74.7 Å². The van der Waals surface area contributed by atoms with Crippen LogP contribution < -0.4 is 65.8 Å². The topological polar surface area (TPSA) is 236 Å². The van der Waals surface area contributed by atoms with Crippen LogP contribution in [-0.2, 0) is 16.6 Å². The Morgan fingerprint density at radius 2 is 0.786 bits per heavy atom. The molecule has 6 heterocycles. The molecule has 0 radical (unpaired) electrons. The molecule has 3 aliphatic carbocycles. The zero-order chi connectivity index (χ0) is 89.2. The van der Waals surface area contributed by atoms with Crippen molar-refractivity contribution in [2.45, 2.75) is 45.4 Å². The number of carbonyl (C=O) groups excluding carboxylic acids is 3. The standard InChI is InChI=1S/C21H15ClO.C19H10Cl2O2.C19H9ClO2.C19H11ClO.C12H7O.C8H6Cl2O.C6H6ClN.C4H8O.Li.H4N2.Na.H2O.H/c1-21(2)15-7-5-8-16(22)18(15)14-11-10-13-12-6-3-4-9-17(12)23-20(13)19(14)21;20-15-9-4-7-13(17(15)21)18(22)14-8-3-6-12-11-5-1-2-10-16(11)23-19(12)14;20-14-6-3-5-13-16(14)12-9-8-11-10-4-1-2-7-15(10)22-19(11)17(12)18(13)21;20-16-6-3-4-11-10-15-13(18(11)16)8-9-14-12-5-1-2-7-17(12)21-19(14)15;1-3-7-11-9(5-1)10-6-2-4-8-12(10)13-11;1-5(11)6-3-2-4-7(9)8(6)10;7-5-3-1-2-4-6(5)8;1-2-4-5-3-1;;1-2;;;/h3-11H,1-2H3;1-10H;1-9H;1-9H,10H2;1-7H;2-4H,1H3;1-4H,8H2;1-4H2;;1-2H2;;1H2;/q;;;;-1;;;;+1;;+1;;-1. The zero-order valence-corrected chi connectivity index (χ0v) is 79.5. The number of anilines is 1. The van der Waals surface area contributed by atoms with Crippen molar-refractivity contribution in [3.63, 3.8) is 0 Å². The summed E-state index contributed by atoms with van der Waals surface area (Å²) in [6.07, 6.45) is 3.45. The molecule has 0 amide bonds. The van der Waals surface area contributed by atoms with Gasteiger partial charge in [0, 0.05) is 133 Å². The summed E-state index contributed by atoms with van der Waals surface area (Å²) >= 11 is 48.4. The number of para-hydroxylation sites is 8. The van der Waals surface area contributed by atoms with E-state index >= 15 is 0 Å². The SMILES string of the molecule is C1CCOC1.CC(=O)c1cccc(Cl)c1Cl.CC1(C)c2cccc(Cl)c2-c2ccc3c(oc4ccccc43)c21.Clc1cccc2c1-c1ccc3c(oc4ccccc43)c1C2.NN.Nc1ccccc1Cl.O.O=C(c1cccc(Cl)c1Cl)c1cccc2c1oc1ccccc12.O=C1c2cccc(Cl)c2-c2ccc3c(oc4ccccc43)c21.[H-].[Li+].[Na+].[c-]1cccc2c1oc1ccccc12. The Hall–Kier alpha value is -10.9. The fourth-order valence-corrected chi connectivity index (χ4v) is 18.8. The number of ketones is 3. The summed E-state index contributed by atoms with van der Waals surface area (Å²) in [6, 6.07) is 102. The molecule has 4 aliphatic rings. The number of carbonyl (C=O) groups is 3. The number of fused-ring (bicyclic) bond motifs is 27. The van der Waals surface area contributed by atoms with E-state index in [2.05, 4.69) is 104 Å². The first-order valence-corrected chi connectivity index (χ1v) is 44.0. The minimum atomic E-state index is -0.206. The summed E-state index contributed by atoms with van der Waals surface area (Å²) in [7, 11) is 0. The molecule has 1 saturated heterocycles. The first-order chi connectivity index (χ1) is 62.2. The molecule has 13 nitrogen and oxygen atoms in total. The van der Waals surface area contributed by atoms with Gasteiger partial charge in [0.2, 0.25) is 0 Å². The van der Waals surface area contributed by atoms with Crippen molar-refractivity contribution in [3.05, 3.63) is 406 Å². The van der Waals surface area contributed by atoms with Gasteiger partial charge in [0.05, 0.1) is 41.9 Å². The number of benzene rings is 16. The first kappa shape index (κ1) is 96.2. The normalized spacial score (nSPS) is 12.3. The van der Waals surface area contributed by atoms with Crippen LogP contribution in [0.5, 0.6) is 0 Å². The maximum atomic E-state index is 12.9. The third-order valence-corrected chi connectivity index (χ3v) is 25.9. The van der Waals surface area contributed by atoms with Gasteiger partial charge >= 0.3 is 48.4 Å². The van der Waals surface area contributed by atoms with Crippen LogP contribution in [0.2, 0.25) is 40.2 Å². The van der Waals surface area contributed by atoms with Gasteiger partial charge in [0.25, 0.3) is 0 Å². The van der Waals surface area contributed by atoms with Crippen molar-refractivity contribution in [2.75, 3.05) is 18.9 Å². The van der Waals surface area contributed by atoms with Crippen molar-refractivity contribution >= 4 is 226 Å². The number of halogens is 8. The minimum Gasteiger partial charge on any atom is -1.00 e. The van der Waals surface area contributed by atoms with Gasteiger partial charge in [0.1, 0.15) is 50.2 Å². The van der Waals surface area contributed by atoms with Gasteiger partial charge in [-0.25, -0.2) is 0 Å². The molecule has 1 fully saturated rings. The number of hydrogen-bond acceptors (Lipinski definition) is 12. The first-order valence-electron chi connectivity index (χ1n) is 41.0. The number of nitrogens with two attached hydrogens (primary N) is 3. The fourth-order valence-electron chi connectivity index (χ4n) is 17.0. The van der Waals surface area contributed by atoms with E-state index in [0.717, 1.165) is 129 Å². The van der Waals surface area contributed by atoms with E-state index < -0.39 is 0 Å². The molecular formula is C108H79Cl8LiN3NaO10. The molecule has 0 bridgehead atoms. The van der Waals surface area contributed by atoms with Crippen LogP contribution in [0, 0.1) is 6.07 Å². The van der Waals surface area contributed by atoms with E-state index in [4.69, 9.17) is 125 Å². The van der Waals surface area contributed by atoms with E-state index in [1.54, 1.807) is 60.7 Å². The Kier molecular flexibility index (Phi) is 30.8. The molecule has 5 aromatic heterocycles. The summed E-state index contributed by atoms with van der Waals surface area (Å²) in [5.74, 6) is 7.71. The van der Waals surface area contributed by atoms with Gasteiger partial charge in [-0.1, -0.05) is 294 Å². The minimum absolute atomic E-state index is 0. The monoisotopic (exact) mass is 1890 g/mol. The largest absolute Gasteiger partial charge is 1.00 e. The van der Waals surface area contributed by atoms with Gasteiger partial charge in [-0.15, -0.1) is 6.07 Å². The van der Waals surface area contributed by atoms with Crippen LogP contribution in [0.1, 0.15) is 99.5 Å². The fraction of sp³-hybridized carbons (Fsp3) is 0.0833. The average molecular weight is 1890 g/mol. The molecule has 131 heavy (non-hydrogen) atoms. The van der Waals surface area contributed by atoms with Gasteiger partial charge in [0.15, 0.2) is 17.3 Å². The van der Waals surface area contributed by atoms with Crippen LogP contribution in [0.15, 0.2) is 331 Å². The van der Waals surface area contributed by atoms with Crippen LogP contribution in [0.3, 0.4) is 0 Å². The number of nitrogen functional groups attached to an aromatic ring is 1. The molecule has 0 saturated carbocycles. The van der Waals surface area contributed by atoms with E-state index in [0.29, 0.717) is 69.8 Å². The molecule has 0 unspecified atom stereocenters. The molecule has 23 heteroatoms. The smallest absolute Gasteiger partial charge is 1.00 e. The Morgan fingerprint density at radius 3 is 1.34 bits per heavy atom.